The van der Waals surface area contributed by atoms with Crippen molar-refractivity contribution in [3.05, 3.63) is 51.1 Å². The molecule has 0 bridgehead atoms. The number of nitrogens with two attached hydrogens (primary N) is 1. The van der Waals surface area contributed by atoms with Crippen molar-refractivity contribution >= 4 is 33.4 Å². The molecular formula is C13H11BrClN3O. The Morgan fingerprint density at radius 1 is 1.37 bits per heavy atom. The summed E-state index contributed by atoms with van der Waals surface area (Å²) < 4.78 is 6.49. The molecule has 3 N–H and O–H groups in total. The van der Waals surface area contributed by atoms with Crippen LogP contribution in [0.25, 0.3) is 0 Å². The highest BCUT2D eigenvalue weighted by molar-refractivity contribution is 9.10. The van der Waals surface area contributed by atoms with Crippen LogP contribution in [0.3, 0.4) is 0 Å². The van der Waals surface area contributed by atoms with Crippen LogP contribution in [0.2, 0.25) is 5.02 Å². The molecule has 0 aliphatic heterocycles. The fourth-order valence-electron chi connectivity index (χ4n) is 1.52. The van der Waals surface area contributed by atoms with E-state index in [0.29, 0.717) is 22.2 Å². The Labute approximate surface area is 124 Å². The summed E-state index contributed by atoms with van der Waals surface area (Å²) in [5.41, 5.74) is 6.75. The van der Waals surface area contributed by atoms with Crippen molar-refractivity contribution in [2.45, 2.75) is 6.92 Å². The van der Waals surface area contributed by atoms with Crippen LogP contribution in [0.4, 0.5) is 0 Å². The summed E-state index contributed by atoms with van der Waals surface area (Å²) in [6, 6.07) is 8.62. The maximum atomic E-state index is 7.44. The first-order valence-corrected chi connectivity index (χ1v) is 6.59. The third kappa shape index (κ3) is 3.45. The van der Waals surface area contributed by atoms with Crippen LogP contribution < -0.4 is 10.5 Å². The molecule has 0 saturated heterocycles. The number of pyridine rings is 1. The summed E-state index contributed by atoms with van der Waals surface area (Å²) in [7, 11) is 0. The van der Waals surface area contributed by atoms with Gasteiger partial charge in [0.25, 0.3) is 0 Å². The molecule has 4 nitrogen and oxygen atoms in total. The van der Waals surface area contributed by atoms with Gasteiger partial charge in [0.15, 0.2) is 0 Å². The number of aromatic nitrogens is 1. The lowest BCUT2D eigenvalue weighted by Crippen LogP contribution is -2.11. The van der Waals surface area contributed by atoms with Crippen molar-refractivity contribution in [3.63, 3.8) is 0 Å². The number of ether oxygens (including phenoxy) is 1. The topological polar surface area (TPSA) is 72.0 Å². The SMILES string of the molecule is Cc1cc(C(=N)N)cc(Oc2ccc(Br)cc2Cl)n1. The van der Waals surface area contributed by atoms with Gasteiger partial charge in [-0.1, -0.05) is 27.5 Å². The van der Waals surface area contributed by atoms with Crippen LogP contribution in [-0.4, -0.2) is 10.8 Å². The lowest BCUT2D eigenvalue weighted by atomic mass is 10.2. The number of amidine groups is 1. The molecule has 0 fully saturated rings. The summed E-state index contributed by atoms with van der Waals surface area (Å²) in [4.78, 5) is 4.23. The summed E-state index contributed by atoms with van der Waals surface area (Å²) in [5, 5.41) is 7.92. The summed E-state index contributed by atoms with van der Waals surface area (Å²) in [5.74, 6) is 0.823. The van der Waals surface area contributed by atoms with E-state index in [1.54, 1.807) is 24.3 Å². The van der Waals surface area contributed by atoms with E-state index in [1.807, 2.05) is 13.0 Å². The lowest BCUT2D eigenvalue weighted by Gasteiger charge is -2.09. The molecule has 0 radical (unpaired) electrons. The molecule has 0 saturated carbocycles. The molecular weight excluding hydrogens is 330 g/mol. The predicted octanol–water partition coefficient (Wildman–Crippen LogP) is 3.88. The van der Waals surface area contributed by atoms with Crippen molar-refractivity contribution in [1.82, 2.24) is 4.98 Å². The van der Waals surface area contributed by atoms with Gasteiger partial charge < -0.3 is 10.5 Å². The van der Waals surface area contributed by atoms with Gasteiger partial charge in [-0.2, -0.15) is 0 Å². The van der Waals surface area contributed by atoms with E-state index in [0.717, 1.165) is 10.2 Å². The lowest BCUT2D eigenvalue weighted by molar-refractivity contribution is 0.461. The van der Waals surface area contributed by atoms with Crippen molar-refractivity contribution < 1.29 is 4.74 Å². The quantitative estimate of drug-likeness (QED) is 0.658. The molecule has 0 atom stereocenters. The Bertz CT molecular complexity index is 646. The van der Waals surface area contributed by atoms with Gasteiger partial charge in [-0.25, -0.2) is 4.98 Å². The van der Waals surface area contributed by atoms with Crippen LogP contribution in [-0.2, 0) is 0 Å². The number of nitrogen functional groups attached to an aromatic ring is 1. The second-order valence-corrected chi connectivity index (χ2v) is 5.25. The minimum absolute atomic E-state index is 0.0303. The zero-order chi connectivity index (χ0) is 14.0. The van der Waals surface area contributed by atoms with E-state index in [9.17, 15) is 0 Å². The average molecular weight is 341 g/mol. The number of aryl methyl sites for hydroxylation is 1. The van der Waals surface area contributed by atoms with Crippen LogP contribution in [0, 0.1) is 12.3 Å². The Morgan fingerprint density at radius 3 is 2.74 bits per heavy atom. The minimum Gasteiger partial charge on any atom is -0.437 e. The standard InChI is InChI=1S/C13H11BrClN3O/c1-7-4-8(13(16)17)5-12(18-7)19-11-3-2-9(14)6-10(11)15/h2-6H,1H3,(H3,16,17). The summed E-state index contributed by atoms with van der Waals surface area (Å²) in [6.07, 6.45) is 0. The van der Waals surface area contributed by atoms with Crippen LogP contribution >= 0.6 is 27.5 Å². The second kappa shape index (κ2) is 5.59. The van der Waals surface area contributed by atoms with Gasteiger partial charge in [-0.05, 0) is 31.2 Å². The van der Waals surface area contributed by atoms with Crippen molar-refractivity contribution in [2.24, 2.45) is 5.73 Å². The largest absolute Gasteiger partial charge is 0.437 e. The zero-order valence-electron chi connectivity index (χ0n) is 10.1. The van der Waals surface area contributed by atoms with Gasteiger partial charge in [0.05, 0.1) is 5.02 Å². The molecule has 0 unspecified atom stereocenters. The number of rotatable bonds is 3. The second-order valence-electron chi connectivity index (χ2n) is 3.93. The van der Waals surface area contributed by atoms with Crippen molar-refractivity contribution in [2.75, 3.05) is 0 Å². The number of halogens is 2. The average Bonchev–Trinajstić information content (AvgIpc) is 2.32. The Balaban J connectivity index is 2.35. The fraction of sp³-hybridized carbons (Fsp3) is 0.0769. The molecule has 98 valence electrons. The fourth-order valence-corrected chi connectivity index (χ4v) is 2.23. The highest BCUT2D eigenvalue weighted by atomic mass is 79.9. The maximum Gasteiger partial charge on any atom is 0.220 e. The first-order valence-electron chi connectivity index (χ1n) is 5.41. The first kappa shape index (κ1) is 13.8. The van der Waals surface area contributed by atoms with Crippen LogP contribution in [0.15, 0.2) is 34.8 Å². The molecule has 0 aliphatic rings. The Morgan fingerprint density at radius 2 is 2.11 bits per heavy atom. The number of nitrogens with one attached hydrogen (secondary N) is 1. The summed E-state index contributed by atoms with van der Waals surface area (Å²) in [6.45, 7) is 1.81. The molecule has 2 rings (SSSR count). The van der Waals surface area contributed by atoms with Gasteiger partial charge in [0.2, 0.25) is 5.88 Å². The number of hydrogen-bond donors (Lipinski definition) is 2. The normalized spacial score (nSPS) is 10.3. The third-order valence-electron chi connectivity index (χ3n) is 2.35. The van der Waals surface area contributed by atoms with E-state index < -0.39 is 0 Å². The molecule has 0 aliphatic carbocycles. The Kier molecular flexibility index (Phi) is 4.07. The molecule has 1 aromatic heterocycles. The third-order valence-corrected chi connectivity index (χ3v) is 3.14. The molecule has 0 amide bonds. The van der Waals surface area contributed by atoms with Gasteiger partial charge in [-0.3, -0.25) is 5.41 Å². The van der Waals surface area contributed by atoms with E-state index in [-0.39, 0.29) is 5.84 Å². The summed E-state index contributed by atoms with van der Waals surface area (Å²) >= 11 is 9.40. The molecule has 1 heterocycles. The van der Waals surface area contributed by atoms with Crippen molar-refractivity contribution in [1.29, 1.82) is 5.41 Å². The Hall–Kier alpha value is -1.59. The van der Waals surface area contributed by atoms with E-state index in [1.165, 1.54) is 0 Å². The number of hydrogen-bond acceptors (Lipinski definition) is 3. The monoisotopic (exact) mass is 339 g/mol. The number of benzene rings is 1. The van der Waals surface area contributed by atoms with E-state index >= 15 is 0 Å². The molecule has 19 heavy (non-hydrogen) atoms. The van der Waals surface area contributed by atoms with E-state index in [2.05, 4.69) is 20.9 Å². The molecule has 0 spiro atoms. The molecule has 2 aromatic rings. The molecule has 1 aromatic carbocycles. The highest BCUT2D eigenvalue weighted by Crippen LogP contribution is 2.31. The zero-order valence-corrected chi connectivity index (χ0v) is 12.4. The minimum atomic E-state index is -0.0303. The van der Waals surface area contributed by atoms with Gasteiger partial charge in [-0.15, -0.1) is 0 Å². The smallest absolute Gasteiger partial charge is 0.220 e. The van der Waals surface area contributed by atoms with Crippen LogP contribution in [0.1, 0.15) is 11.3 Å². The highest BCUT2D eigenvalue weighted by Gasteiger charge is 2.08. The van der Waals surface area contributed by atoms with Crippen LogP contribution in [0.5, 0.6) is 11.6 Å². The maximum absolute atomic E-state index is 7.44. The van der Waals surface area contributed by atoms with Gasteiger partial charge in [0.1, 0.15) is 11.6 Å². The van der Waals surface area contributed by atoms with Gasteiger partial charge >= 0.3 is 0 Å². The van der Waals surface area contributed by atoms with Crippen molar-refractivity contribution in [3.8, 4) is 11.6 Å². The number of nitrogens with zero attached hydrogens (tertiary/aromatic N) is 1. The van der Waals surface area contributed by atoms with Gasteiger partial charge in [0, 0.05) is 21.8 Å². The van der Waals surface area contributed by atoms with E-state index in [4.69, 9.17) is 27.5 Å². The first-order chi connectivity index (χ1) is 8.95. The predicted molar refractivity (Wildman–Crippen MR) is 79.2 cm³/mol. The molecule has 6 heteroatoms.